The van der Waals surface area contributed by atoms with E-state index in [-0.39, 0.29) is 17.3 Å². The topological polar surface area (TPSA) is 63.2 Å². The zero-order valence-electron chi connectivity index (χ0n) is 18.2. The second-order valence-corrected chi connectivity index (χ2v) is 7.59. The Labute approximate surface area is 190 Å². The molecule has 0 heterocycles. The lowest BCUT2D eigenvalue weighted by molar-refractivity contribution is 0.0686. The van der Waals surface area contributed by atoms with Crippen molar-refractivity contribution in [2.24, 2.45) is 0 Å². The molecule has 0 aliphatic heterocycles. The van der Waals surface area contributed by atoms with Crippen LogP contribution in [0.25, 0.3) is 11.1 Å². The maximum atomic E-state index is 12.8. The fraction of sp³-hybridized carbons (Fsp3) is 0.375. The van der Waals surface area contributed by atoms with Gasteiger partial charge < -0.3 is 23.7 Å². The molecule has 0 N–H and O–H groups in total. The highest BCUT2D eigenvalue weighted by atomic mass is 79.9. The van der Waals surface area contributed by atoms with Gasteiger partial charge in [-0.3, -0.25) is 4.79 Å². The Bertz CT molecular complexity index is 1020. The minimum absolute atomic E-state index is 0.198. The number of alkyl halides is 1. The monoisotopic (exact) mass is 490 g/mol. The van der Waals surface area contributed by atoms with Crippen molar-refractivity contribution in [1.29, 1.82) is 0 Å². The van der Waals surface area contributed by atoms with Crippen LogP contribution in [0.4, 0.5) is 0 Å². The van der Waals surface area contributed by atoms with Gasteiger partial charge >= 0.3 is 0 Å². The van der Waals surface area contributed by atoms with Crippen molar-refractivity contribution < 1.29 is 23.7 Å². The molecular weight excluding hydrogens is 464 g/mol. The predicted octanol–water partition coefficient (Wildman–Crippen LogP) is 4.70. The molecule has 6 nitrogen and oxygen atoms in total. The summed E-state index contributed by atoms with van der Waals surface area (Å²) in [5, 5.41) is 0.761. The molecule has 1 atom stereocenters. The van der Waals surface area contributed by atoms with E-state index in [4.69, 9.17) is 23.7 Å². The molecule has 1 aliphatic carbocycles. The second-order valence-electron chi connectivity index (χ2n) is 6.95. The molecule has 166 valence electrons. The van der Waals surface area contributed by atoms with Gasteiger partial charge in [-0.25, -0.2) is 0 Å². The average molecular weight is 491 g/mol. The molecule has 7 heteroatoms. The molecule has 3 rings (SSSR count). The van der Waals surface area contributed by atoms with Crippen LogP contribution in [0.1, 0.15) is 23.7 Å². The van der Waals surface area contributed by atoms with Gasteiger partial charge in [0.05, 0.1) is 41.2 Å². The minimum atomic E-state index is -0.270. The standard InChI is InChI=1S/C24H27BrO6/c1-27-20-10-8-16-17(14-18(20)26)19(31-12-6-5-11-25)9-7-15-13-21(28-2)23(29-3)24(30-4)22(15)16/h5-6,8,10,13-14,19H,7,9,11-12H2,1-4H3/b6-5+/t19-/m1/s1. The van der Waals surface area contributed by atoms with Crippen LogP contribution >= 0.6 is 15.9 Å². The summed E-state index contributed by atoms with van der Waals surface area (Å²) in [4.78, 5) is 12.8. The lowest BCUT2D eigenvalue weighted by Crippen LogP contribution is -2.08. The summed E-state index contributed by atoms with van der Waals surface area (Å²) in [5.74, 6) is 1.94. The van der Waals surface area contributed by atoms with E-state index in [1.54, 1.807) is 33.5 Å². The number of allylic oxidation sites excluding steroid dienone is 1. The first-order valence-corrected chi connectivity index (χ1v) is 11.1. The number of hydrogen-bond donors (Lipinski definition) is 0. The SMILES string of the molecule is COc1cc2c(c(OC)c1OC)-c1ccc(OC)c(=O)cc1[C@H](OC/C=C/CBr)CC2. The van der Waals surface area contributed by atoms with E-state index < -0.39 is 0 Å². The molecular formula is C24H27BrO6. The molecule has 0 fully saturated rings. The first-order chi connectivity index (χ1) is 15.1. The van der Waals surface area contributed by atoms with E-state index in [0.717, 1.165) is 34.0 Å². The Kier molecular flexibility index (Phi) is 7.98. The number of rotatable bonds is 8. The fourth-order valence-corrected chi connectivity index (χ4v) is 4.17. The van der Waals surface area contributed by atoms with Crippen LogP contribution in [-0.4, -0.2) is 40.4 Å². The average Bonchev–Trinajstić information content (AvgIpc) is 3.03. The van der Waals surface area contributed by atoms with Gasteiger partial charge in [-0.15, -0.1) is 0 Å². The zero-order valence-corrected chi connectivity index (χ0v) is 19.8. The summed E-state index contributed by atoms with van der Waals surface area (Å²) in [5.41, 5.74) is 3.35. The Morgan fingerprint density at radius 2 is 1.71 bits per heavy atom. The van der Waals surface area contributed by atoms with Crippen LogP contribution in [0, 0.1) is 0 Å². The molecule has 31 heavy (non-hydrogen) atoms. The third-order valence-electron chi connectivity index (χ3n) is 5.31. The molecule has 0 saturated carbocycles. The van der Waals surface area contributed by atoms with Crippen LogP contribution in [0.2, 0.25) is 0 Å². The Morgan fingerprint density at radius 3 is 2.35 bits per heavy atom. The summed E-state index contributed by atoms with van der Waals surface area (Å²) >= 11 is 3.37. The summed E-state index contributed by atoms with van der Waals surface area (Å²) < 4.78 is 28.4. The quantitative estimate of drug-likeness (QED) is 0.394. The number of ether oxygens (including phenoxy) is 5. The predicted molar refractivity (Wildman–Crippen MR) is 124 cm³/mol. The van der Waals surface area contributed by atoms with Crippen molar-refractivity contribution in [3.8, 4) is 34.1 Å². The molecule has 0 bridgehead atoms. The lowest BCUT2D eigenvalue weighted by atomic mass is 9.96. The van der Waals surface area contributed by atoms with Gasteiger partial charge in [-0.1, -0.05) is 34.1 Å². The summed E-state index contributed by atoms with van der Waals surface area (Å²) in [6, 6.07) is 7.15. The molecule has 0 radical (unpaired) electrons. The third kappa shape index (κ3) is 4.72. The van der Waals surface area contributed by atoms with Crippen molar-refractivity contribution in [3.63, 3.8) is 0 Å². The largest absolute Gasteiger partial charge is 0.493 e. The normalized spacial score (nSPS) is 15.1. The van der Waals surface area contributed by atoms with Gasteiger partial charge in [0.1, 0.15) is 0 Å². The van der Waals surface area contributed by atoms with Gasteiger partial charge in [0, 0.05) is 10.9 Å². The number of halogens is 1. The van der Waals surface area contributed by atoms with Gasteiger partial charge in [-0.2, -0.15) is 0 Å². The van der Waals surface area contributed by atoms with E-state index in [1.165, 1.54) is 7.11 Å². The number of methoxy groups -OCH3 is 4. The van der Waals surface area contributed by atoms with Crippen molar-refractivity contribution in [1.82, 2.24) is 0 Å². The molecule has 0 saturated heterocycles. The van der Waals surface area contributed by atoms with Crippen molar-refractivity contribution >= 4 is 15.9 Å². The molecule has 1 aliphatic rings. The Morgan fingerprint density at radius 1 is 0.968 bits per heavy atom. The van der Waals surface area contributed by atoms with Crippen molar-refractivity contribution in [3.05, 3.63) is 57.8 Å². The fourth-order valence-electron chi connectivity index (χ4n) is 3.91. The van der Waals surface area contributed by atoms with Crippen LogP contribution < -0.4 is 24.4 Å². The highest BCUT2D eigenvalue weighted by Crippen LogP contribution is 2.50. The summed E-state index contributed by atoms with van der Waals surface area (Å²) in [6.45, 7) is 0.444. The van der Waals surface area contributed by atoms with E-state index in [2.05, 4.69) is 15.9 Å². The zero-order chi connectivity index (χ0) is 22.4. The van der Waals surface area contributed by atoms with E-state index >= 15 is 0 Å². The van der Waals surface area contributed by atoms with Gasteiger partial charge in [0.25, 0.3) is 0 Å². The smallest absolute Gasteiger partial charge is 0.220 e. The number of benzene rings is 1. The lowest BCUT2D eigenvalue weighted by Gasteiger charge is -2.19. The van der Waals surface area contributed by atoms with Crippen molar-refractivity contribution in [2.45, 2.75) is 18.9 Å². The van der Waals surface area contributed by atoms with Gasteiger partial charge in [-0.05, 0) is 47.7 Å². The molecule has 0 aromatic heterocycles. The third-order valence-corrected chi connectivity index (χ3v) is 5.69. The van der Waals surface area contributed by atoms with E-state index in [9.17, 15) is 4.79 Å². The molecule has 2 aromatic rings. The van der Waals surface area contributed by atoms with Gasteiger partial charge in [0.15, 0.2) is 17.2 Å². The minimum Gasteiger partial charge on any atom is -0.493 e. The molecule has 0 amide bonds. The summed E-state index contributed by atoms with van der Waals surface area (Å²) in [6.07, 6.45) is 5.10. The number of hydrogen-bond acceptors (Lipinski definition) is 6. The highest BCUT2D eigenvalue weighted by molar-refractivity contribution is 9.09. The Balaban J connectivity index is 2.28. The molecule has 0 unspecified atom stereocenters. The van der Waals surface area contributed by atoms with Crippen LogP contribution in [0.5, 0.6) is 23.0 Å². The van der Waals surface area contributed by atoms with Crippen molar-refractivity contribution in [2.75, 3.05) is 40.4 Å². The molecule has 0 spiro atoms. The van der Waals surface area contributed by atoms with Crippen LogP contribution in [0.15, 0.2) is 41.2 Å². The highest BCUT2D eigenvalue weighted by Gasteiger charge is 2.29. The number of fused-ring (bicyclic) bond motifs is 3. The first kappa shape index (κ1) is 23.2. The van der Waals surface area contributed by atoms with Crippen LogP contribution in [-0.2, 0) is 11.2 Å². The Hall–Kier alpha value is -2.51. The van der Waals surface area contributed by atoms with Crippen LogP contribution in [0.3, 0.4) is 0 Å². The maximum Gasteiger partial charge on any atom is 0.220 e. The summed E-state index contributed by atoms with van der Waals surface area (Å²) in [7, 11) is 6.27. The molecule has 2 aromatic carbocycles. The second kappa shape index (κ2) is 10.7. The van der Waals surface area contributed by atoms with E-state index in [1.807, 2.05) is 24.3 Å². The first-order valence-electron chi connectivity index (χ1n) is 9.96. The maximum absolute atomic E-state index is 12.8. The van der Waals surface area contributed by atoms with Gasteiger partial charge in [0.2, 0.25) is 11.2 Å². The van der Waals surface area contributed by atoms with E-state index in [0.29, 0.717) is 30.3 Å². The number of aryl methyl sites for hydroxylation is 1.